The van der Waals surface area contributed by atoms with Crippen molar-refractivity contribution in [2.75, 3.05) is 25.1 Å². The summed E-state index contributed by atoms with van der Waals surface area (Å²) < 4.78 is 16.7. The number of anilines is 1. The second kappa shape index (κ2) is 10.6. The summed E-state index contributed by atoms with van der Waals surface area (Å²) in [4.78, 5) is 12.4. The van der Waals surface area contributed by atoms with Gasteiger partial charge in [0.15, 0.2) is 0 Å². The molecular weight excluding hydrogens is 366 g/mol. The minimum Gasteiger partial charge on any atom is -0.490 e. The van der Waals surface area contributed by atoms with E-state index in [9.17, 15) is 4.79 Å². The van der Waals surface area contributed by atoms with Gasteiger partial charge in [0.25, 0.3) is 5.91 Å². The topological polar surface area (TPSA) is 56.8 Å². The van der Waals surface area contributed by atoms with E-state index in [1.54, 1.807) is 36.4 Å². The Balaban J connectivity index is 1.49. The molecule has 3 aromatic carbocycles. The minimum absolute atomic E-state index is 0.204. The fraction of sp³-hybridized carbons (Fsp3) is 0.125. The highest BCUT2D eigenvalue weighted by Crippen LogP contribution is 2.19. The Morgan fingerprint density at radius 2 is 1.45 bits per heavy atom. The first-order valence-corrected chi connectivity index (χ1v) is 9.30. The van der Waals surface area contributed by atoms with Gasteiger partial charge in [0.2, 0.25) is 0 Å². The molecule has 0 unspecified atom stereocenters. The first-order valence-electron chi connectivity index (χ1n) is 9.30. The van der Waals surface area contributed by atoms with Gasteiger partial charge in [-0.25, -0.2) is 0 Å². The van der Waals surface area contributed by atoms with Gasteiger partial charge in [-0.05, 0) is 48.5 Å². The fourth-order valence-corrected chi connectivity index (χ4v) is 2.56. The monoisotopic (exact) mass is 389 g/mol. The number of benzene rings is 3. The van der Waals surface area contributed by atoms with Crippen LogP contribution in [0.5, 0.6) is 17.2 Å². The van der Waals surface area contributed by atoms with Crippen LogP contribution >= 0.6 is 0 Å². The van der Waals surface area contributed by atoms with Gasteiger partial charge in [0.05, 0.1) is 0 Å². The van der Waals surface area contributed by atoms with Crippen LogP contribution in [0.15, 0.2) is 91.5 Å². The summed E-state index contributed by atoms with van der Waals surface area (Å²) in [5.74, 6) is 1.95. The molecule has 5 nitrogen and oxygen atoms in total. The molecule has 0 aliphatic heterocycles. The van der Waals surface area contributed by atoms with Crippen molar-refractivity contribution in [3.63, 3.8) is 0 Å². The molecule has 3 rings (SSSR count). The second-order valence-corrected chi connectivity index (χ2v) is 6.12. The maximum absolute atomic E-state index is 12.4. The summed E-state index contributed by atoms with van der Waals surface area (Å²) in [6.07, 6.45) is 1.67. The Labute approximate surface area is 170 Å². The zero-order valence-electron chi connectivity index (χ0n) is 16.0. The van der Waals surface area contributed by atoms with Crippen molar-refractivity contribution in [1.29, 1.82) is 0 Å². The summed E-state index contributed by atoms with van der Waals surface area (Å²) in [6.45, 7) is 4.86. The van der Waals surface area contributed by atoms with Crippen LogP contribution in [0.2, 0.25) is 0 Å². The van der Waals surface area contributed by atoms with Crippen molar-refractivity contribution < 1.29 is 19.0 Å². The average Bonchev–Trinajstić information content (AvgIpc) is 2.76. The molecule has 0 aromatic heterocycles. The Bertz CT molecular complexity index is 923. The molecule has 0 heterocycles. The van der Waals surface area contributed by atoms with Crippen LogP contribution in [0.25, 0.3) is 0 Å². The van der Waals surface area contributed by atoms with Crippen LogP contribution < -0.4 is 19.5 Å². The number of nitrogens with one attached hydrogen (secondary N) is 1. The van der Waals surface area contributed by atoms with Crippen LogP contribution in [0, 0.1) is 0 Å². The molecule has 0 radical (unpaired) electrons. The standard InChI is InChI=1S/C24H23NO4/c1-2-15-27-22-13-11-19(12-14-22)24(26)25-20-7-6-10-23(18-20)29-17-16-28-21-8-4-3-5-9-21/h2-14,18H,1,15-17H2,(H,25,26). The van der Waals surface area contributed by atoms with Gasteiger partial charge in [-0.2, -0.15) is 0 Å². The zero-order chi connectivity index (χ0) is 20.3. The van der Waals surface area contributed by atoms with E-state index < -0.39 is 0 Å². The molecule has 0 aliphatic carbocycles. The lowest BCUT2D eigenvalue weighted by atomic mass is 10.2. The van der Waals surface area contributed by atoms with E-state index in [-0.39, 0.29) is 5.91 Å². The molecule has 0 saturated heterocycles. The highest BCUT2D eigenvalue weighted by Gasteiger charge is 2.07. The number of hydrogen-bond donors (Lipinski definition) is 1. The van der Waals surface area contributed by atoms with E-state index in [4.69, 9.17) is 14.2 Å². The van der Waals surface area contributed by atoms with Gasteiger partial charge in [-0.1, -0.05) is 36.9 Å². The average molecular weight is 389 g/mol. The molecule has 0 saturated carbocycles. The van der Waals surface area contributed by atoms with Gasteiger partial charge < -0.3 is 19.5 Å². The van der Waals surface area contributed by atoms with Gasteiger partial charge in [-0.15, -0.1) is 0 Å². The molecule has 29 heavy (non-hydrogen) atoms. The van der Waals surface area contributed by atoms with E-state index in [0.29, 0.717) is 42.6 Å². The van der Waals surface area contributed by atoms with Crippen LogP contribution in [-0.2, 0) is 0 Å². The third-order valence-corrected chi connectivity index (χ3v) is 3.94. The van der Waals surface area contributed by atoms with Crippen molar-refractivity contribution in [2.24, 2.45) is 0 Å². The summed E-state index contributed by atoms with van der Waals surface area (Å²) in [5.41, 5.74) is 1.20. The highest BCUT2D eigenvalue weighted by atomic mass is 16.5. The third-order valence-electron chi connectivity index (χ3n) is 3.94. The van der Waals surface area contributed by atoms with Gasteiger partial charge >= 0.3 is 0 Å². The van der Waals surface area contributed by atoms with Gasteiger partial charge in [-0.3, -0.25) is 4.79 Å². The first-order chi connectivity index (χ1) is 14.2. The van der Waals surface area contributed by atoms with Crippen molar-refractivity contribution in [3.8, 4) is 17.2 Å². The Kier molecular flexibility index (Phi) is 7.29. The van der Waals surface area contributed by atoms with E-state index >= 15 is 0 Å². The molecule has 0 aliphatic rings. The quantitative estimate of drug-likeness (QED) is 0.393. The van der Waals surface area contributed by atoms with Gasteiger partial charge in [0, 0.05) is 17.3 Å². The summed E-state index contributed by atoms with van der Waals surface area (Å²) in [5, 5.41) is 2.87. The maximum atomic E-state index is 12.4. The van der Waals surface area contributed by atoms with Gasteiger partial charge in [0.1, 0.15) is 37.1 Å². The predicted molar refractivity (Wildman–Crippen MR) is 114 cm³/mol. The number of para-hydroxylation sites is 1. The molecule has 5 heteroatoms. The van der Waals surface area contributed by atoms with E-state index in [0.717, 1.165) is 5.75 Å². The highest BCUT2D eigenvalue weighted by molar-refractivity contribution is 6.04. The number of carbonyl (C=O) groups is 1. The fourth-order valence-electron chi connectivity index (χ4n) is 2.56. The largest absolute Gasteiger partial charge is 0.490 e. The molecule has 0 fully saturated rings. The van der Waals surface area contributed by atoms with Crippen molar-refractivity contribution in [2.45, 2.75) is 0 Å². The number of hydrogen-bond acceptors (Lipinski definition) is 4. The summed E-state index contributed by atoms with van der Waals surface area (Å²) in [6, 6.07) is 23.8. The molecule has 148 valence electrons. The summed E-state index contributed by atoms with van der Waals surface area (Å²) >= 11 is 0. The number of amides is 1. The molecule has 1 amide bonds. The Morgan fingerprint density at radius 1 is 0.793 bits per heavy atom. The number of rotatable bonds is 10. The minimum atomic E-state index is -0.204. The van der Waals surface area contributed by atoms with Crippen LogP contribution in [-0.4, -0.2) is 25.7 Å². The van der Waals surface area contributed by atoms with E-state index in [1.807, 2.05) is 48.5 Å². The van der Waals surface area contributed by atoms with Crippen LogP contribution in [0.3, 0.4) is 0 Å². The molecule has 0 spiro atoms. The second-order valence-electron chi connectivity index (χ2n) is 6.12. The van der Waals surface area contributed by atoms with E-state index in [1.165, 1.54) is 0 Å². The molecule has 0 bridgehead atoms. The zero-order valence-corrected chi connectivity index (χ0v) is 16.0. The van der Waals surface area contributed by atoms with Crippen LogP contribution in [0.1, 0.15) is 10.4 Å². The van der Waals surface area contributed by atoms with Crippen molar-refractivity contribution >= 4 is 11.6 Å². The number of ether oxygens (including phenoxy) is 3. The molecule has 1 N–H and O–H groups in total. The third kappa shape index (κ3) is 6.43. The van der Waals surface area contributed by atoms with E-state index in [2.05, 4.69) is 11.9 Å². The lowest BCUT2D eigenvalue weighted by Gasteiger charge is -2.10. The summed E-state index contributed by atoms with van der Waals surface area (Å²) in [7, 11) is 0. The first kappa shape index (κ1) is 20.0. The lowest BCUT2D eigenvalue weighted by molar-refractivity contribution is 0.102. The van der Waals surface area contributed by atoms with Crippen molar-refractivity contribution in [1.82, 2.24) is 0 Å². The number of carbonyl (C=O) groups excluding carboxylic acids is 1. The molecular formula is C24H23NO4. The Morgan fingerprint density at radius 3 is 2.17 bits per heavy atom. The SMILES string of the molecule is C=CCOc1ccc(C(=O)Nc2cccc(OCCOc3ccccc3)c2)cc1. The molecule has 0 atom stereocenters. The Hall–Kier alpha value is -3.73. The maximum Gasteiger partial charge on any atom is 0.255 e. The van der Waals surface area contributed by atoms with Crippen molar-refractivity contribution in [3.05, 3.63) is 97.1 Å². The smallest absolute Gasteiger partial charge is 0.255 e. The normalized spacial score (nSPS) is 10.1. The molecule has 3 aromatic rings. The lowest BCUT2D eigenvalue weighted by Crippen LogP contribution is -2.12. The predicted octanol–water partition coefficient (Wildman–Crippen LogP) is 4.96. The van der Waals surface area contributed by atoms with Crippen LogP contribution in [0.4, 0.5) is 5.69 Å².